The van der Waals surface area contributed by atoms with Gasteiger partial charge >= 0.3 is 0 Å². The fourth-order valence-corrected chi connectivity index (χ4v) is 2.13. The Kier molecular flexibility index (Phi) is 5.73. The van der Waals surface area contributed by atoms with Crippen LogP contribution >= 0.6 is 0 Å². The first-order chi connectivity index (χ1) is 7.69. The molecule has 1 amide bonds. The van der Waals surface area contributed by atoms with E-state index in [4.69, 9.17) is 9.84 Å². The van der Waals surface area contributed by atoms with Crippen LogP contribution in [0.3, 0.4) is 0 Å². The van der Waals surface area contributed by atoms with Crippen LogP contribution in [0.4, 0.5) is 0 Å². The Morgan fingerprint density at radius 2 is 2.12 bits per heavy atom. The van der Waals surface area contributed by atoms with Crippen molar-refractivity contribution in [3.63, 3.8) is 0 Å². The number of aliphatic hydroxyl groups excluding tert-OH is 1. The van der Waals surface area contributed by atoms with E-state index in [1.807, 2.05) is 0 Å². The van der Waals surface area contributed by atoms with Crippen molar-refractivity contribution in [2.24, 2.45) is 0 Å². The summed E-state index contributed by atoms with van der Waals surface area (Å²) in [6.45, 7) is 2.55. The number of amides is 1. The molecule has 16 heavy (non-hydrogen) atoms. The van der Waals surface area contributed by atoms with Crippen LogP contribution < -0.4 is 0 Å². The van der Waals surface area contributed by atoms with Gasteiger partial charge in [0.25, 0.3) is 0 Å². The second kappa shape index (κ2) is 6.83. The lowest BCUT2D eigenvalue weighted by Gasteiger charge is -2.37. The highest BCUT2D eigenvalue weighted by molar-refractivity contribution is 5.77. The van der Waals surface area contributed by atoms with E-state index >= 15 is 0 Å². The molecule has 5 nitrogen and oxygen atoms in total. The number of rotatable bonds is 5. The van der Waals surface area contributed by atoms with Crippen LogP contribution in [-0.2, 0) is 9.53 Å². The third-order valence-electron chi connectivity index (χ3n) is 3.06. The van der Waals surface area contributed by atoms with Gasteiger partial charge < -0.3 is 19.6 Å². The van der Waals surface area contributed by atoms with Crippen molar-refractivity contribution in [3.05, 3.63) is 0 Å². The lowest BCUT2D eigenvalue weighted by atomic mass is 10.0. The fraction of sp³-hybridized carbons (Fsp3) is 0.909. The molecule has 0 unspecified atom stereocenters. The molecular formula is C11H22N2O3. The summed E-state index contributed by atoms with van der Waals surface area (Å²) < 4.78 is 4.86. The predicted molar refractivity (Wildman–Crippen MR) is 61.2 cm³/mol. The third kappa shape index (κ3) is 3.73. The molecule has 0 bridgehead atoms. The quantitative estimate of drug-likeness (QED) is 0.695. The number of hydrogen-bond donors (Lipinski definition) is 1. The molecule has 0 aromatic heterocycles. The van der Waals surface area contributed by atoms with Gasteiger partial charge in [-0.1, -0.05) is 0 Å². The van der Waals surface area contributed by atoms with Gasteiger partial charge in [-0.2, -0.15) is 0 Å². The SMILES string of the molecule is COCC(=O)N(CCO)C1CCN(C)CC1. The molecule has 1 saturated heterocycles. The van der Waals surface area contributed by atoms with Crippen LogP contribution in [-0.4, -0.2) is 73.9 Å². The van der Waals surface area contributed by atoms with Crippen LogP contribution in [0.2, 0.25) is 0 Å². The molecule has 0 aliphatic carbocycles. The highest BCUT2D eigenvalue weighted by Gasteiger charge is 2.26. The van der Waals surface area contributed by atoms with E-state index in [0.29, 0.717) is 6.54 Å². The number of ether oxygens (including phenoxy) is 1. The standard InChI is InChI=1S/C11H22N2O3/c1-12-5-3-10(4-6-12)13(7-8-14)11(15)9-16-2/h10,14H,3-9H2,1-2H3. The maximum atomic E-state index is 11.8. The van der Waals surface area contributed by atoms with Gasteiger partial charge in [-0.05, 0) is 33.0 Å². The number of carbonyl (C=O) groups is 1. The molecule has 5 heteroatoms. The average molecular weight is 230 g/mol. The van der Waals surface area contributed by atoms with Gasteiger partial charge in [0.1, 0.15) is 6.61 Å². The van der Waals surface area contributed by atoms with Crippen LogP contribution in [0.15, 0.2) is 0 Å². The number of hydrogen-bond acceptors (Lipinski definition) is 4. The second-order valence-electron chi connectivity index (χ2n) is 4.28. The van der Waals surface area contributed by atoms with E-state index in [-0.39, 0.29) is 25.2 Å². The monoisotopic (exact) mass is 230 g/mol. The van der Waals surface area contributed by atoms with Gasteiger partial charge in [0.05, 0.1) is 6.61 Å². The Labute approximate surface area is 97.0 Å². The van der Waals surface area contributed by atoms with Gasteiger partial charge in [0, 0.05) is 19.7 Å². The Morgan fingerprint density at radius 3 is 2.62 bits per heavy atom. The predicted octanol–water partition coefficient (Wildman–Crippen LogP) is -0.452. The van der Waals surface area contributed by atoms with Gasteiger partial charge in [0.2, 0.25) is 5.91 Å². The molecule has 94 valence electrons. The molecule has 0 aromatic rings. The summed E-state index contributed by atoms with van der Waals surface area (Å²) in [5, 5.41) is 8.99. The van der Waals surface area contributed by atoms with Crippen LogP contribution in [0.5, 0.6) is 0 Å². The lowest BCUT2D eigenvalue weighted by molar-refractivity contribution is -0.139. The summed E-state index contributed by atoms with van der Waals surface area (Å²) in [4.78, 5) is 15.8. The topological polar surface area (TPSA) is 53.0 Å². The highest BCUT2D eigenvalue weighted by Crippen LogP contribution is 2.15. The molecule has 0 aromatic carbocycles. The summed E-state index contributed by atoms with van der Waals surface area (Å²) >= 11 is 0. The minimum Gasteiger partial charge on any atom is -0.395 e. The first-order valence-corrected chi connectivity index (χ1v) is 5.77. The summed E-state index contributed by atoms with van der Waals surface area (Å²) in [6.07, 6.45) is 1.96. The van der Waals surface area contributed by atoms with Crippen molar-refractivity contribution < 1.29 is 14.6 Å². The van der Waals surface area contributed by atoms with E-state index in [2.05, 4.69) is 11.9 Å². The molecule has 0 saturated carbocycles. The zero-order valence-corrected chi connectivity index (χ0v) is 10.2. The van der Waals surface area contributed by atoms with Crippen molar-refractivity contribution >= 4 is 5.91 Å². The van der Waals surface area contributed by atoms with Gasteiger partial charge in [-0.3, -0.25) is 4.79 Å². The molecule has 1 aliphatic rings. The van der Waals surface area contributed by atoms with Gasteiger partial charge in [0.15, 0.2) is 0 Å². The second-order valence-corrected chi connectivity index (χ2v) is 4.28. The van der Waals surface area contributed by atoms with E-state index in [1.54, 1.807) is 4.90 Å². The molecule has 1 N–H and O–H groups in total. The molecular weight excluding hydrogens is 208 g/mol. The number of likely N-dealkylation sites (tertiary alicyclic amines) is 1. The number of methoxy groups -OCH3 is 1. The summed E-state index contributed by atoms with van der Waals surface area (Å²) in [5.41, 5.74) is 0. The Bertz CT molecular complexity index is 215. The minimum absolute atomic E-state index is 0.0157. The Balaban J connectivity index is 2.51. The van der Waals surface area contributed by atoms with E-state index < -0.39 is 0 Å². The smallest absolute Gasteiger partial charge is 0.248 e. The molecule has 0 radical (unpaired) electrons. The summed E-state index contributed by atoms with van der Waals surface area (Å²) in [5.74, 6) is -0.0221. The number of aliphatic hydroxyl groups is 1. The van der Waals surface area contributed by atoms with E-state index in [9.17, 15) is 4.79 Å². The average Bonchev–Trinajstić information content (AvgIpc) is 2.28. The van der Waals surface area contributed by atoms with E-state index in [1.165, 1.54) is 7.11 Å². The molecule has 1 heterocycles. The summed E-state index contributed by atoms with van der Waals surface area (Å²) in [7, 11) is 3.60. The van der Waals surface area contributed by atoms with Crippen LogP contribution in [0, 0.1) is 0 Å². The molecule has 0 spiro atoms. The molecule has 1 rings (SSSR count). The third-order valence-corrected chi connectivity index (χ3v) is 3.06. The van der Waals surface area contributed by atoms with Crippen molar-refractivity contribution in [2.45, 2.75) is 18.9 Å². The first kappa shape index (κ1) is 13.4. The van der Waals surface area contributed by atoms with Crippen molar-refractivity contribution in [1.29, 1.82) is 0 Å². The van der Waals surface area contributed by atoms with Crippen molar-refractivity contribution in [2.75, 3.05) is 47.0 Å². The maximum absolute atomic E-state index is 11.8. The number of piperidine rings is 1. The minimum atomic E-state index is -0.0221. The number of carbonyl (C=O) groups excluding carboxylic acids is 1. The molecule has 0 atom stereocenters. The maximum Gasteiger partial charge on any atom is 0.248 e. The van der Waals surface area contributed by atoms with Crippen molar-refractivity contribution in [1.82, 2.24) is 9.80 Å². The first-order valence-electron chi connectivity index (χ1n) is 5.77. The fourth-order valence-electron chi connectivity index (χ4n) is 2.13. The normalized spacial score (nSPS) is 18.7. The zero-order chi connectivity index (χ0) is 12.0. The van der Waals surface area contributed by atoms with Crippen molar-refractivity contribution in [3.8, 4) is 0 Å². The van der Waals surface area contributed by atoms with Gasteiger partial charge in [-0.15, -0.1) is 0 Å². The van der Waals surface area contributed by atoms with Crippen LogP contribution in [0.1, 0.15) is 12.8 Å². The summed E-state index contributed by atoms with van der Waals surface area (Å²) in [6, 6.07) is 0.256. The number of nitrogens with zero attached hydrogens (tertiary/aromatic N) is 2. The molecule has 1 aliphatic heterocycles. The van der Waals surface area contributed by atoms with E-state index in [0.717, 1.165) is 25.9 Å². The molecule has 1 fully saturated rings. The van der Waals surface area contributed by atoms with Crippen LogP contribution in [0.25, 0.3) is 0 Å². The largest absolute Gasteiger partial charge is 0.395 e. The highest BCUT2D eigenvalue weighted by atomic mass is 16.5. The Morgan fingerprint density at radius 1 is 1.50 bits per heavy atom. The lowest BCUT2D eigenvalue weighted by Crippen LogP contribution is -2.48. The zero-order valence-electron chi connectivity index (χ0n) is 10.2. The Hall–Kier alpha value is -0.650. The van der Waals surface area contributed by atoms with Gasteiger partial charge in [-0.25, -0.2) is 0 Å².